The number of nitro groups is 1. The maximum absolute atomic E-state index is 12.2. The molecule has 1 saturated heterocycles. The van der Waals surface area contributed by atoms with Crippen LogP contribution in [-0.4, -0.2) is 61.3 Å². The van der Waals surface area contributed by atoms with Crippen molar-refractivity contribution in [1.29, 1.82) is 0 Å². The monoisotopic (exact) mass is 425 g/mol. The van der Waals surface area contributed by atoms with Gasteiger partial charge in [-0.05, 0) is 48.4 Å². The Morgan fingerprint density at radius 1 is 1.13 bits per heavy atom. The summed E-state index contributed by atoms with van der Waals surface area (Å²) in [6.45, 7) is 5.98. The van der Waals surface area contributed by atoms with Gasteiger partial charge in [-0.3, -0.25) is 19.8 Å². The first kappa shape index (κ1) is 22.2. The van der Waals surface area contributed by atoms with Gasteiger partial charge in [-0.15, -0.1) is 0 Å². The molecule has 0 radical (unpaired) electrons. The molecule has 1 aliphatic rings. The Bertz CT molecular complexity index is 891. The van der Waals surface area contributed by atoms with Crippen LogP contribution in [0.15, 0.2) is 53.6 Å². The lowest BCUT2D eigenvalue weighted by molar-refractivity contribution is -0.384. The number of nitrogens with one attached hydrogen (secondary N) is 1. The van der Waals surface area contributed by atoms with Crippen molar-refractivity contribution in [3.8, 4) is 5.75 Å². The minimum atomic E-state index is -0.403. The minimum absolute atomic E-state index is 0.0837. The summed E-state index contributed by atoms with van der Waals surface area (Å²) in [4.78, 5) is 26.7. The number of nitro benzene ring substituents is 1. The second-order valence-corrected chi connectivity index (χ2v) is 7.25. The van der Waals surface area contributed by atoms with Crippen LogP contribution in [0.5, 0.6) is 5.75 Å². The highest BCUT2D eigenvalue weighted by Gasteiger charge is 2.19. The van der Waals surface area contributed by atoms with Gasteiger partial charge in [-0.25, -0.2) is 5.43 Å². The van der Waals surface area contributed by atoms with Crippen LogP contribution >= 0.6 is 0 Å². The first-order valence-corrected chi connectivity index (χ1v) is 10.3. The molecular formula is C22H27N5O4. The fraction of sp³-hybridized carbons (Fsp3) is 0.364. The standard InChI is InChI=1S/C22H27N5O4/c1-2-15-31-21-9-3-18(4-10-21)16-23-24-22(28)17-25-11-13-26(14-12-25)19-5-7-20(8-6-19)27(29)30/h3-10,16H,2,11-15,17H2,1H3,(H,24,28)/b23-16-. The highest BCUT2D eigenvalue weighted by Crippen LogP contribution is 2.20. The molecule has 31 heavy (non-hydrogen) atoms. The van der Waals surface area contributed by atoms with Gasteiger partial charge < -0.3 is 9.64 Å². The van der Waals surface area contributed by atoms with Crippen molar-refractivity contribution < 1.29 is 14.5 Å². The number of rotatable bonds is 9. The molecule has 9 nitrogen and oxygen atoms in total. The average molecular weight is 425 g/mol. The molecule has 1 fully saturated rings. The number of non-ortho nitro benzene ring substituents is 1. The maximum atomic E-state index is 12.2. The molecule has 1 N–H and O–H groups in total. The molecule has 0 saturated carbocycles. The molecule has 3 rings (SSSR count). The Morgan fingerprint density at radius 3 is 2.42 bits per heavy atom. The number of benzene rings is 2. The SMILES string of the molecule is CCCOc1ccc(/C=N\NC(=O)CN2CCN(c3ccc([N+](=O)[O-])cc3)CC2)cc1. The van der Waals surface area contributed by atoms with Crippen molar-refractivity contribution in [3.05, 3.63) is 64.2 Å². The van der Waals surface area contributed by atoms with Crippen molar-refractivity contribution in [1.82, 2.24) is 10.3 Å². The first-order chi connectivity index (χ1) is 15.0. The smallest absolute Gasteiger partial charge is 0.269 e. The van der Waals surface area contributed by atoms with E-state index >= 15 is 0 Å². The Labute approximate surface area is 181 Å². The molecule has 2 aromatic carbocycles. The van der Waals surface area contributed by atoms with Crippen LogP contribution in [0.4, 0.5) is 11.4 Å². The summed E-state index contributed by atoms with van der Waals surface area (Å²) in [7, 11) is 0. The molecule has 0 bridgehead atoms. The molecule has 9 heteroatoms. The molecule has 0 unspecified atom stereocenters. The molecule has 1 heterocycles. The van der Waals surface area contributed by atoms with Crippen LogP contribution in [0.25, 0.3) is 0 Å². The number of nitrogens with zero attached hydrogens (tertiary/aromatic N) is 4. The molecule has 2 aromatic rings. The van der Waals surface area contributed by atoms with Gasteiger partial charge >= 0.3 is 0 Å². The van der Waals surface area contributed by atoms with E-state index in [-0.39, 0.29) is 18.1 Å². The van der Waals surface area contributed by atoms with Crippen LogP contribution < -0.4 is 15.1 Å². The third-order valence-corrected chi connectivity index (χ3v) is 4.92. The fourth-order valence-corrected chi connectivity index (χ4v) is 3.24. The second-order valence-electron chi connectivity index (χ2n) is 7.25. The van der Waals surface area contributed by atoms with E-state index in [4.69, 9.17) is 4.74 Å². The number of hydrogen-bond acceptors (Lipinski definition) is 7. The Hall–Kier alpha value is -3.46. The molecule has 164 valence electrons. The average Bonchev–Trinajstić information content (AvgIpc) is 2.79. The summed E-state index contributed by atoms with van der Waals surface area (Å²) in [5.41, 5.74) is 4.48. The van der Waals surface area contributed by atoms with Gasteiger partial charge in [0.05, 0.1) is 24.3 Å². The van der Waals surface area contributed by atoms with Crippen LogP contribution in [-0.2, 0) is 4.79 Å². The molecule has 1 aliphatic heterocycles. The summed E-state index contributed by atoms with van der Waals surface area (Å²) in [5.74, 6) is 0.652. The Morgan fingerprint density at radius 2 is 1.81 bits per heavy atom. The molecule has 0 aliphatic carbocycles. The largest absolute Gasteiger partial charge is 0.494 e. The lowest BCUT2D eigenvalue weighted by Gasteiger charge is -2.35. The van der Waals surface area contributed by atoms with Crippen LogP contribution in [0, 0.1) is 10.1 Å². The lowest BCUT2D eigenvalue weighted by Crippen LogP contribution is -2.49. The van der Waals surface area contributed by atoms with E-state index in [1.165, 1.54) is 12.1 Å². The van der Waals surface area contributed by atoms with E-state index in [0.29, 0.717) is 6.61 Å². The summed E-state index contributed by atoms with van der Waals surface area (Å²) >= 11 is 0. The van der Waals surface area contributed by atoms with Gasteiger partial charge in [0.1, 0.15) is 5.75 Å². The predicted molar refractivity (Wildman–Crippen MR) is 120 cm³/mol. The molecule has 0 atom stereocenters. The first-order valence-electron chi connectivity index (χ1n) is 10.3. The van der Waals surface area contributed by atoms with Crippen LogP contribution in [0.3, 0.4) is 0 Å². The Kier molecular flexibility index (Phi) is 7.94. The quantitative estimate of drug-likeness (QED) is 0.377. The van der Waals surface area contributed by atoms with Crippen molar-refractivity contribution in [2.45, 2.75) is 13.3 Å². The van der Waals surface area contributed by atoms with Gasteiger partial charge in [0.25, 0.3) is 11.6 Å². The van der Waals surface area contributed by atoms with Gasteiger partial charge in [0.15, 0.2) is 0 Å². The number of ether oxygens (including phenoxy) is 1. The molecule has 1 amide bonds. The zero-order chi connectivity index (χ0) is 22.1. The van der Waals surface area contributed by atoms with Crippen molar-refractivity contribution in [2.24, 2.45) is 5.10 Å². The third kappa shape index (κ3) is 6.78. The van der Waals surface area contributed by atoms with E-state index in [1.54, 1.807) is 18.3 Å². The molecular weight excluding hydrogens is 398 g/mol. The number of amides is 1. The van der Waals surface area contributed by atoms with Gasteiger partial charge in [-0.1, -0.05) is 6.92 Å². The third-order valence-electron chi connectivity index (χ3n) is 4.92. The second kappa shape index (κ2) is 11.1. The number of carbonyl (C=O) groups excluding carboxylic acids is 1. The topological polar surface area (TPSA) is 100 Å². The maximum Gasteiger partial charge on any atom is 0.269 e. The van der Waals surface area contributed by atoms with Crippen molar-refractivity contribution in [3.63, 3.8) is 0 Å². The number of hydrazone groups is 1. The van der Waals surface area contributed by atoms with E-state index in [1.807, 2.05) is 24.3 Å². The van der Waals surface area contributed by atoms with E-state index in [0.717, 1.165) is 49.6 Å². The predicted octanol–water partition coefficient (Wildman–Crippen LogP) is 2.66. The number of hydrogen-bond donors (Lipinski definition) is 1. The summed E-state index contributed by atoms with van der Waals surface area (Å²) in [6, 6.07) is 14.1. The number of carbonyl (C=O) groups is 1. The zero-order valence-electron chi connectivity index (χ0n) is 17.6. The van der Waals surface area contributed by atoms with Crippen LogP contribution in [0.2, 0.25) is 0 Å². The minimum Gasteiger partial charge on any atom is -0.494 e. The summed E-state index contributed by atoms with van der Waals surface area (Å²) in [6.07, 6.45) is 2.56. The summed E-state index contributed by atoms with van der Waals surface area (Å²) < 4.78 is 5.54. The van der Waals surface area contributed by atoms with Gasteiger partial charge in [0.2, 0.25) is 0 Å². The fourth-order valence-electron chi connectivity index (χ4n) is 3.24. The van der Waals surface area contributed by atoms with Crippen LogP contribution in [0.1, 0.15) is 18.9 Å². The van der Waals surface area contributed by atoms with Crippen molar-refractivity contribution >= 4 is 23.5 Å². The van der Waals surface area contributed by atoms with Gasteiger partial charge in [0, 0.05) is 44.0 Å². The highest BCUT2D eigenvalue weighted by atomic mass is 16.6. The van der Waals surface area contributed by atoms with E-state index in [9.17, 15) is 14.9 Å². The molecule has 0 aromatic heterocycles. The van der Waals surface area contributed by atoms with E-state index < -0.39 is 4.92 Å². The Balaban J connectivity index is 1.39. The van der Waals surface area contributed by atoms with Crippen molar-refractivity contribution in [2.75, 3.05) is 44.2 Å². The zero-order valence-corrected chi connectivity index (χ0v) is 17.6. The van der Waals surface area contributed by atoms with E-state index in [2.05, 4.69) is 27.3 Å². The normalized spacial score (nSPS) is 14.5. The summed E-state index contributed by atoms with van der Waals surface area (Å²) in [5, 5.41) is 14.8. The highest BCUT2D eigenvalue weighted by molar-refractivity contribution is 5.83. The van der Waals surface area contributed by atoms with Gasteiger partial charge in [-0.2, -0.15) is 5.10 Å². The molecule has 0 spiro atoms. The lowest BCUT2D eigenvalue weighted by atomic mass is 10.2. The number of anilines is 1. The number of piperazine rings is 1.